The molecular formula is C17H25N3O2. The monoisotopic (exact) mass is 303 g/mol. The molecule has 0 spiro atoms. The molecule has 0 saturated carbocycles. The summed E-state index contributed by atoms with van der Waals surface area (Å²) in [7, 11) is 2.13. The van der Waals surface area contributed by atoms with E-state index < -0.39 is 0 Å². The Hall–Kier alpha value is -1.59. The fraction of sp³-hybridized carbons (Fsp3) is 0.588. The number of aryl methyl sites for hydroxylation is 1. The number of carbonyl (C=O) groups is 1. The van der Waals surface area contributed by atoms with Crippen LogP contribution in [0.2, 0.25) is 0 Å². The highest BCUT2D eigenvalue weighted by molar-refractivity contribution is 5.86. The Kier molecular flexibility index (Phi) is 4.64. The van der Waals surface area contributed by atoms with E-state index in [-0.39, 0.29) is 0 Å². The van der Waals surface area contributed by atoms with Crippen molar-refractivity contribution < 1.29 is 9.53 Å². The van der Waals surface area contributed by atoms with Gasteiger partial charge in [-0.05, 0) is 31.7 Å². The molecule has 2 aliphatic rings. The van der Waals surface area contributed by atoms with E-state index >= 15 is 0 Å². The summed E-state index contributed by atoms with van der Waals surface area (Å²) in [6, 6.07) is 6.16. The predicted octanol–water partition coefficient (Wildman–Crippen LogP) is 1.01. The first-order valence-corrected chi connectivity index (χ1v) is 8.03. The van der Waals surface area contributed by atoms with E-state index in [1.165, 1.54) is 5.56 Å². The molecule has 0 amide bonds. The summed E-state index contributed by atoms with van der Waals surface area (Å²) in [5.41, 5.74) is 2.25. The van der Waals surface area contributed by atoms with Crippen molar-refractivity contribution in [2.24, 2.45) is 0 Å². The standard InChI is InChI=1S/C17H25N3O2/c1-14-3-4-17-16(11-14)20(9-10-22-17)13-15(21)12-19-7-5-18(2)6-8-19/h3-4,11H,5-10,12-13H2,1-2H3. The van der Waals surface area contributed by atoms with Crippen molar-refractivity contribution in [3.8, 4) is 5.75 Å². The van der Waals surface area contributed by atoms with Crippen molar-refractivity contribution >= 4 is 11.5 Å². The minimum Gasteiger partial charge on any atom is -0.490 e. The van der Waals surface area contributed by atoms with Gasteiger partial charge in [0.15, 0.2) is 5.78 Å². The summed E-state index contributed by atoms with van der Waals surface area (Å²) in [5.74, 6) is 1.18. The van der Waals surface area contributed by atoms with Crippen LogP contribution in [-0.4, -0.2) is 75.1 Å². The van der Waals surface area contributed by atoms with Crippen LogP contribution in [0.5, 0.6) is 5.75 Å². The third kappa shape index (κ3) is 3.59. The average molecular weight is 303 g/mol. The summed E-state index contributed by atoms with van der Waals surface area (Å²) < 4.78 is 5.68. The Morgan fingerprint density at radius 2 is 1.91 bits per heavy atom. The van der Waals surface area contributed by atoms with Gasteiger partial charge in [-0.25, -0.2) is 0 Å². The quantitative estimate of drug-likeness (QED) is 0.830. The topological polar surface area (TPSA) is 36.0 Å². The molecule has 1 saturated heterocycles. The Labute approximate surface area is 132 Å². The smallest absolute Gasteiger partial charge is 0.166 e. The first kappa shape index (κ1) is 15.3. The van der Waals surface area contributed by atoms with E-state index in [1.807, 2.05) is 12.1 Å². The molecule has 0 N–H and O–H groups in total. The van der Waals surface area contributed by atoms with Crippen LogP contribution in [0.4, 0.5) is 5.69 Å². The van der Waals surface area contributed by atoms with Crippen LogP contribution in [-0.2, 0) is 4.79 Å². The van der Waals surface area contributed by atoms with Crippen LogP contribution in [0, 0.1) is 6.92 Å². The lowest BCUT2D eigenvalue weighted by atomic mass is 10.1. The zero-order valence-electron chi connectivity index (χ0n) is 13.5. The lowest BCUT2D eigenvalue weighted by molar-refractivity contribution is -0.119. The van der Waals surface area contributed by atoms with Crippen molar-refractivity contribution in [3.05, 3.63) is 23.8 Å². The fourth-order valence-corrected chi connectivity index (χ4v) is 3.07. The van der Waals surface area contributed by atoms with Crippen molar-refractivity contribution in [1.82, 2.24) is 9.80 Å². The molecular weight excluding hydrogens is 278 g/mol. The molecule has 5 heteroatoms. The number of Topliss-reactive ketones (excluding diaryl/α,β-unsaturated/α-hetero) is 1. The van der Waals surface area contributed by atoms with Crippen LogP contribution >= 0.6 is 0 Å². The number of anilines is 1. The number of hydrogen-bond acceptors (Lipinski definition) is 5. The largest absolute Gasteiger partial charge is 0.490 e. The summed E-state index contributed by atoms with van der Waals surface area (Å²) in [5, 5.41) is 0. The van der Waals surface area contributed by atoms with Gasteiger partial charge in [0.2, 0.25) is 0 Å². The fourth-order valence-electron chi connectivity index (χ4n) is 3.07. The highest BCUT2D eigenvalue weighted by Crippen LogP contribution is 2.32. The number of carbonyl (C=O) groups excluding carboxylic acids is 1. The van der Waals surface area contributed by atoms with E-state index in [1.54, 1.807) is 0 Å². The van der Waals surface area contributed by atoms with E-state index in [4.69, 9.17) is 4.74 Å². The van der Waals surface area contributed by atoms with Gasteiger partial charge in [0.05, 0.1) is 25.3 Å². The van der Waals surface area contributed by atoms with Gasteiger partial charge in [-0.3, -0.25) is 9.69 Å². The van der Waals surface area contributed by atoms with Gasteiger partial charge in [-0.1, -0.05) is 6.07 Å². The Bertz CT molecular complexity index is 539. The van der Waals surface area contributed by atoms with E-state index in [0.717, 1.165) is 44.2 Å². The minimum atomic E-state index is 0.291. The Morgan fingerprint density at radius 1 is 1.14 bits per heavy atom. The Morgan fingerprint density at radius 3 is 2.68 bits per heavy atom. The number of likely N-dealkylation sites (N-methyl/N-ethyl adjacent to an activating group) is 1. The second kappa shape index (κ2) is 6.67. The van der Waals surface area contributed by atoms with Gasteiger partial charge < -0.3 is 14.5 Å². The molecule has 2 aliphatic heterocycles. The molecule has 0 radical (unpaired) electrons. The van der Waals surface area contributed by atoms with Crippen LogP contribution in [0.15, 0.2) is 18.2 Å². The molecule has 1 fully saturated rings. The highest BCUT2D eigenvalue weighted by Gasteiger charge is 2.22. The van der Waals surface area contributed by atoms with Crippen molar-refractivity contribution in [2.75, 3.05) is 64.4 Å². The van der Waals surface area contributed by atoms with Crippen molar-refractivity contribution in [1.29, 1.82) is 0 Å². The third-order valence-electron chi connectivity index (χ3n) is 4.44. The average Bonchev–Trinajstić information content (AvgIpc) is 2.50. The van der Waals surface area contributed by atoms with Gasteiger partial charge in [0.1, 0.15) is 12.4 Å². The number of benzene rings is 1. The van der Waals surface area contributed by atoms with Crippen LogP contribution < -0.4 is 9.64 Å². The second-order valence-electron chi connectivity index (χ2n) is 6.36. The maximum Gasteiger partial charge on any atom is 0.166 e. The van der Waals surface area contributed by atoms with Gasteiger partial charge in [-0.2, -0.15) is 0 Å². The lowest BCUT2D eigenvalue weighted by Crippen LogP contribution is -2.48. The molecule has 1 aromatic carbocycles. The molecule has 22 heavy (non-hydrogen) atoms. The van der Waals surface area contributed by atoms with Crippen LogP contribution in [0.3, 0.4) is 0 Å². The van der Waals surface area contributed by atoms with Crippen molar-refractivity contribution in [3.63, 3.8) is 0 Å². The SMILES string of the molecule is Cc1ccc2c(c1)N(CC(=O)CN1CCN(C)CC1)CCO2. The van der Waals surface area contributed by atoms with Gasteiger partial charge in [-0.15, -0.1) is 0 Å². The van der Waals surface area contributed by atoms with Crippen LogP contribution in [0.25, 0.3) is 0 Å². The summed E-state index contributed by atoms with van der Waals surface area (Å²) in [4.78, 5) is 19.1. The van der Waals surface area contributed by atoms with Gasteiger partial charge in [0, 0.05) is 26.2 Å². The molecule has 120 valence electrons. The number of nitrogens with zero attached hydrogens (tertiary/aromatic N) is 3. The first-order valence-electron chi connectivity index (χ1n) is 8.03. The van der Waals surface area contributed by atoms with Crippen molar-refractivity contribution in [2.45, 2.75) is 6.92 Å². The van der Waals surface area contributed by atoms with E-state index in [0.29, 0.717) is 25.5 Å². The number of piperazine rings is 1. The van der Waals surface area contributed by atoms with E-state index in [9.17, 15) is 4.79 Å². The molecule has 0 aromatic heterocycles. The summed E-state index contributed by atoms with van der Waals surface area (Å²) in [6.45, 7) is 8.61. The number of ketones is 1. The first-order chi connectivity index (χ1) is 10.6. The third-order valence-corrected chi connectivity index (χ3v) is 4.44. The predicted molar refractivity (Wildman–Crippen MR) is 87.8 cm³/mol. The molecule has 5 nitrogen and oxygen atoms in total. The number of ether oxygens (including phenoxy) is 1. The summed E-state index contributed by atoms with van der Waals surface area (Å²) >= 11 is 0. The van der Waals surface area contributed by atoms with E-state index in [2.05, 4.69) is 34.7 Å². The molecule has 0 aliphatic carbocycles. The Balaban J connectivity index is 1.59. The minimum absolute atomic E-state index is 0.291. The van der Waals surface area contributed by atoms with Gasteiger partial charge >= 0.3 is 0 Å². The molecule has 1 aromatic rings. The zero-order valence-corrected chi connectivity index (χ0v) is 13.5. The molecule has 0 unspecified atom stereocenters. The lowest BCUT2D eigenvalue weighted by Gasteiger charge is -2.34. The zero-order chi connectivity index (χ0) is 15.5. The summed E-state index contributed by atoms with van der Waals surface area (Å²) in [6.07, 6.45) is 0. The van der Waals surface area contributed by atoms with Gasteiger partial charge in [0.25, 0.3) is 0 Å². The maximum absolute atomic E-state index is 12.4. The molecule has 3 rings (SSSR count). The number of hydrogen-bond donors (Lipinski definition) is 0. The highest BCUT2D eigenvalue weighted by atomic mass is 16.5. The second-order valence-corrected chi connectivity index (χ2v) is 6.36. The normalized spacial score (nSPS) is 19.6. The van der Waals surface area contributed by atoms with Crippen LogP contribution in [0.1, 0.15) is 5.56 Å². The molecule has 0 bridgehead atoms. The number of fused-ring (bicyclic) bond motifs is 1. The molecule has 2 heterocycles. The number of rotatable bonds is 4. The molecule has 0 atom stereocenters. The maximum atomic E-state index is 12.4.